The summed E-state index contributed by atoms with van der Waals surface area (Å²) in [5.74, 6) is 6.18. The summed E-state index contributed by atoms with van der Waals surface area (Å²) in [6, 6.07) is 28.0. The van der Waals surface area contributed by atoms with Crippen LogP contribution in [0.5, 0.6) is 11.8 Å². The second kappa shape index (κ2) is 55.5. The summed E-state index contributed by atoms with van der Waals surface area (Å²) in [4.78, 5) is 61.4. The van der Waals surface area contributed by atoms with Gasteiger partial charge in [0.1, 0.15) is 37.0 Å². The Hall–Kier alpha value is -8.60. The van der Waals surface area contributed by atoms with Crippen LogP contribution in [0, 0.1) is 30.6 Å². The Balaban J connectivity index is 0.000000218. The Morgan fingerprint density at radius 1 is 0.471 bits per heavy atom. The number of pyridine rings is 6. The number of likely N-dealkylation sites (tertiary alicyclic amines) is 1. The fourth-order valence-electron chi connectivity index (χ4n) is 17.0. The normalized spacial score (nSPS) is 17.6. The fourth-order valence-corrected chi connectivity index (χ4v) is 17.9. The lowest BCUT2D eigenvalue weighted by molar-refractivity contribution is -0.127. The SMILES string of the molecule is CC(=O)N1CCC(Cc2cc(C(C)(C)C)ccn2)C1.CC(C)(C)c1cc(CC2CCOC2)ncn1.CC(C)(C)c1ccnc(CC2CCN(S(C)(=O)=O)C2)c1.CC(C)(C)c1ccnc(CCC2CCNCC2)c1.CC(C)(C)c1ccnc(OC2CCNCC2)c1.CN(C)CCOc1cc(C(C)(C)C)ccn1.CNCCN(C)c1cc(C(C)(C)C)ccn1.Cc1c(NC2CCOCC2)ncnc1C(C)(C)C. The maximum absolute atomic E-state index is 11.5. The Morgan fingerprint density at radius 2 is 0.929 bits per heavy atom. The van der Waals surface area contributed by atoms with Crippen LogP contribution in [0.2, 0.25) is 0 Å². The third kappa shape index (κ3) is 43.5. The molecule has 778 valence electrons. The van der Waals surface area contributed by atoms with Gasteiger partial charge in [0.05, 0.1) is 11.9 Å². The number of piperidine rings is 2. The van der Waals surface area contributed by atoms with Crippen molar-refractivity contribution in [3.63, 3.8) is 0 Å². The molecule has 3 atom stereocenters. The minimum atomic E-state index is -3.05. The predicted octanol–water partition coefficient (Wildman–Crippen LogP) is 20.2. The number of nitrogens with one attached hydrogen (secondary N) is 4. The number of amides is 1. The highest BCUT2D eigenvalue weighted by Crippen LogP contribution is 2.34. The van der Waals surface area contributed by atoms with Crippen LogP contribution in [0.4, 0.5) is 11.6 Å². The number of aryl methyl sites for hydroxylation is 1. The van der Waals surface area contributed by atoms with Crippen molar-refractivity contribution in [2.24, 2.45) is 23.7 Å². The number of hydrogen-bond donors (Lipinski definition) is 4. The second-order valence-electron chi connectivity index (χ2n) is 47.6. The molecule has 140 heavy (non-hydrogen) atoms. The van der Waals surface area contributed by atoms with E-state index in [9.17, 15) is 13.2 Å². The molecule has 6 aliphatic heterocycles. The van der Waals surface area contributed by atoms with Crippen molar-refractivity contribution in [3.8, 4) is 11.8 Å². The predicted molar refractivity (Wildman–Crippen MR) is 578 cm³/mol. The molecule has 6 fully saturated rings. The molecule has 0 spiro atoms. The van der Waals surface area contributed by atoms with Gasteiger partial charge in [-0.3, -0.25) is 19.7 Å². The van der Waals surface area contributed by atoms with Crippen LogP contribution in [-0.2, 0) is 93.3 Å². The second-order valence-corrected chi connectivity index (χ2v) is 49.6. The average Bonchev–Trinajstić information content (AvgIpc) is 0.961. The number of ether oxygens (including phenoxy) is 4. The number of rotatable bonds is 22. The molecule has 14 rings (SSSR count). The molecule has 0 saturated carbocycles. The van der Waals surface area contributed by atoms with Gasteiger partial charge in [0.2, 0.25) is 27.7 Å². The number of anilines is 2. The van der Waals surface area contributed by atoms with Gasteiger partial charge < -0.3 is 54.9 Å². The van der Waals surface area contributed by atoms with E-state index in [1.54, 1.807) is 23.9 Å². The highest BCUT2D eigenvalue weighted by atomic mass is 32.2. The molecule has 8 aromatic heterocycles. The lowest BCUT2D eigenvalue weighted by atomic mass is 9.86. The number of hydrogen-bond acceptors (Lipinski definition) is 23. The summed E-state index contributed by atoms with van der Waals surface area (Å²) >= 11 is 0. The molecule has 3 unspecified atom stereocenters. The van der Waals surface area contributed by atoms with E-state index in [1.807, 2.05) is 75.4 Å². The quantitative estimate of drug-likeness (QED) is 0.0491. The maximum Gasteiger partial charge on any atom is 0.219 e. The van der Waals surface area contributed by atoms with Gasteiger partial charge in [-0.25, -0.2) is 47.6 Å². The number of aromatic nitrogens is 10. The zero-order valence-electron chi connectivity index (χ0n) is 92.3. The van der Waals surface area contributed by atoms with Gasteiger partial charge in [-0.15, -0.1) is 0 Å². The van der Waals surface area contributed by atoms with Crippen molar-refractivity contribution in [1.82, 2.24) is 79.9 Å². The first-order valence-corrected chi connectivity index (χ1v) is 53.6. The molecule has 14 heterocycles. The van der Waals surface area contributed by atoms with E-state index in [-0.39, 0.29) is 49.2 Å². The molecule has 0 bridgehead atoms. The van der Waals surface area contributed by atoms with Gasteiger partial charge in [-0.1, -0.05) is 166 Å². The Kier molecular flexibility index (Phi) is 46.9. The van der Waals surface area contributed by atoms with Gasteiger partial charge in [-0.2, -0.15) is 0 Å². The van der Waals surface area contributed by atoms with Crippen LogP contribution in [0.3, 0.4) is 0 Å². The molecule has 0 aromatic carbocycles. The molecular formula is C114H184N18O7S. The summed E-state index contributed by atoms with van der Waals surface area (Å²) in [7, 11) is 5.05. The summed E-state index contributed by atoms with van der Waals surface area (Å²) in [6.07, 6.45) is 31.6. The van der Waals surface area contributed by atoms with Gasteiger partial charge in [0.25, 0.3) is 0 Å². The molecule has 0 aliphatic carbocycles. The van der Waals surface area contributed by atoms with E-state index in [1.165, 1.54) is 77.7 Å². The number of carbonyl (C=O) groups excluding carboxylic acids is 1. The molecule has 0 radical (unpaired) electrons. The van der Waals surface area contributed by atoms with Crippen LogP contribution >= 0.6 is 0 Å². The Bertz CT molecular complexity index is 5070. The molecule has 4 N–H and O–H groups in total. The summed E-state index contributed by atoms with van der Waals surface area (Å²) < 4.78 is 46.9. The lowest BCUT2D eigenvalue weighted by Gasteiger charge is -2.26. The van der Waals surface area contributed by atoms with E-state index < -0.39 is 10.0 Å². The molecule has 8 aromatic rings. The van der Waals surface area contributed by atoms with E-state index in [4.69, 9.17) is 18.9 Å². The van der Waals surface area contributed by atoms with Crippen LogP contribution in [-0.4, -0.2) is 230 Å². The first-order chi connectivity index (χ1) is 65.5. The maximum atomic E-state index is 11.5. The van der Waals surface area contributed by atoms with Gasteiger partial charge >= 0.3 is 0 Å². The minimum absolute atomic E-state index is 0.0547. The van der Waals surface area contributed by atoms with Gasteiger partial charge in [0, 0.05) is 186 Å². The van der Waals surface area contributed by atoms with Crippen molar-refractivity contribution in [2.45, 2.75) is 325 Å². The van der Waals surface area contributed by atoms with Crippen LogP contribution in [0.25, 0.3) is 0 Å². The fraction of sp³-hybridized carbons (Fsp3) is 0.658. The van der Waals surface area contributed by atoms with E-state index in [0.29, 0.717) is 55.5 Å². The minimum Gasteiger partial charge on any atom is -0.476 e. The molecule has 6 aliphatic rings. The monoisotopic (exact) mass is 1950 g/mol. The first-order valence-electron chi connectivity index (χ1n) is 51.7. The highest BCUT2D eigenvalue weighted by Gasteiger charge is 2.32. The molecule has 1 amide bonds. The topological polar surface area (TPSA) is 278 Å². The number of likely N-dealkylation sites (N-methyl/N-ethyl adjacent to an activating group) is 3. The third-order valence-electron chi connectivity index (χ3n) is 26.4. The van der Waals surface area contributed by atoms with Crippen LogP contribution in [0.1, 0.15) is 310 Å². The van der Waals surface area contributed by atoms with Crippen molar-refractivity contribution in [3.05, 3.63) is 202 Å². The van der Waals surface area contributed by atoms with Crippen molar-refractivity contribution in [2.75, 3.05) is 150 Å². The van der Waals surface area contributed by atoms with Crippen molar-refractivity contribution < 1.29 is 32.2 Å². The standard InChI is InChI=1S/C16H24N2O.C16H26N2.C15H24N2O2S.C14H23N3O.C14H22N2O.C13H23N3.C13H20N2O.C13H22N2O/c1-12(19)18-8-6-13(11-18)9-15-10-14(5-7-17-15)16(2,3)4;1-16(2,3)14-8-11-18-15(12-14)5-4-13-6-9-17-10-7-13;1-15(2,3)13-5-7-16-14(10-13)9-12-6-8-17(11-12)20(4,18)19;1-10-12(14(2,3)4)15-9-16-13(10)17-11-5-7-18-8-6-11;1-14(2,3)11-4-9-16-13(10-11)17-12-5-7-15-8-6-12;1-13(2,3)11-6-7-15-12(10-11)16(5)9-8-14-4;1-13(2,3)12-7-11(14-9-15-12)6-10-4-5-16-8-10;1-13(2,3)11-6-7-14-12(10-11)16-9-8-15(4)5/h5,7,10,13H,6,8-9,11H2,1-4H3;8,11-13,17H,4-7,9-10H2,1-3H3;5,7,10,12H,6,8-9,11H2,1-4H3;9,11H,5-8H2,1-4H3,(H,15,16,17);4,9-10,12,15H,5-8H2,1-3H3;6-7,10,14H,8-9H2,1-5H3;7,9-10H,4-6,8H2,1-3H3;6-7,10H,8-9H2,1-5H3. The lowest BCUT2D eigenvalue weighted by Crippen LogP contribution is -2.34. The van der Waals surface area contributed by atoms with Crippen LogP contribution in [0.15, 0.2) is 129 Å². The summed E-state index contributed by atoms with van der Waals surface area (Å²) in [5, 5.41) is 13.4. The molecular weight excluding hydrogens is 1770 g/mol. The number of carbonyl (C=O) groups is 1. The average molecular weight is 1950 g/mol. The van der Waals surface area contributed by atoms with Gasteiger partial charge in [-0.05, 0) is 300 Å². The van der Waals surface area contributed by atoms with Gasteiger partial charge in [0.15, 0.2) is 0 Å². The zero-order valence-corrected chi connectivity index (χ0v) is 93.1. The van der Waals surface area contributed by atoms with E-state index in [2.05, 4.69) is 328 Å². The first kappa shape index (κ1) is 118. The molecule has 6 saturated heterocycles. The van der Waals surface area contributed by atoms with Crippen molar-refractivity contribution >= 4 is 27.6 Å². The highest BCUT2D eigenvalue weighted by molar-refractivity contribution is 7.88. The van der Waals surface area contributed by atoms with E-state index >= 15 is 0 Å². The van der Waals surface area contributed by atoms with E-state index in [0.717, 1.165) is 200 Å². The number of nitrogens with zero attached hydrogens (tertiary/aromatic N) is 14. The van der Waals surface area contributed by atoms with Crippen molar-refractivity contribution in [1.29, 1.82) is 0 Å². The Morgan fingerprint density at radius 3 is 1.41 bits per heavy atom. The summed E-state index contributed by atoms with van der Waals surface area (Å²) in [6.45, 7) is 71.2. The van der Waals surface area contributed by atoms with Crippen LogP contribution < -0.4 is 35.6 Å². The molecule has 25 nitrogen and oxygen atoms in total. The Labute approximate surface area is 846 Å². The zero-order chi connectivity index (χ0) is 103. The summed E-state index contributed by atoms with van der Waals surface area (Å²) in [5.41, 5.74) is 17.0. The smallest absolute Gasteiger partial charge is 0.219 e. The largest absolute Gasteiger partial charge is 0.476 e. The number of sulfonamides is 1. The molecule has 26 heteroatoms. The third-order valence-corrected chi connectivity index (χ3v) is 27.7.